The van der Waals surface area contributed by atoms with Crippen LogP contribution in [0.3, 0.4) is 0 Å². The van der Waals surface area contributed by atoms with Crippen LogP contribution in [0.4, 0.5) is 0 Å². The molecule has 2 rings (SSSR count). The smallest absolute Gasteiger partial charge is 0.159 e. The van der Waals surface area contributed by atoms with Gasteiger partial charge in [0.25, 0.3) is 0 Å². The van der Waals surface area contributed by atoms with Gasteiger partial charge in [-0.2, -0.15) is 0 Å². The highest BCUT2D eigenvalue weighted by Gasteiger charge is 2.19. The predicted molar refractivity (Wildman–Crippen MR) is 72.1 cm³/mol. The Hall–Kier alpha value is -1.70. The molecule has 2 heteroatoms. The van der Waals surface area contributed by atoms with E-state index in [9.17, 15) is 9.59 Å². The first kappa shape index (κ1) is 12.7. The van der Waals surface area contributed by atoms with Gasteiger partial charge in [0.15, 0.2) is 11.6 Å². The Morgan fingerprint density at radius 1 is 0.944 bits per heavy atom. The lowest BCUT2D eigenvalue weighted by Gasteiger charge is -2.22. The standard InChI is InChI=1S/C16H18O2/c1-2-3-16(12-4-8-14(17)9-5-12)13-6-10-15(18)11-7-13/h4-8,10,16H,2-3,9,11H2,1H3. The maximum Gasteiger partial charge on any atom is 0.159 e. The SMILES string of the molecule is CCCC(C1=CCC(=O)C=C1)C1=CCC(=O)C=C1. The summed E-state index contributed by atoms with van der Waals surface area (Å²) in [7, 11) is 0. The van der Waals surface area contributed by atoms with Crippen LogP contribution in [-0.2, 0) is 9.59 Å². The molecule has 0 aromatic carbocycles. The third-order valence-corrected chi connectivity index (χ3v) is 3.38. The molecule has 0 spiro atoms. The van der Waals surface area contributed by atoms with Crippen molar-refractivity contribution in [2.45, 2.75) is 32.6 Å². The van der Waals surface area contributed by atoms with E-state index in [1.165, 1.54) is 11.1 Å². The Morgan fingerprint density at radius 2 is 1.44 bits per heavy atom. The lowest BCUT2D eigenvalue weighted by Crippen LogP contribution is -2.11. The van der Waals surface area contributed by atoms with Crippen LogP contribution in [0.15, 0.2) is 47.6 Å². The molecule has 0 saturated heterocycles. The van der Waals surface area contributed by atoms with Gasteiger partial charge >= 0.3 is 0 Å². The van der Waals surface area contributed by atoms with Crippen LogP contribution in [-0.4, -0.2) is 11.6 Å². The molecule has 0 heterocycles. The second-order valence-corrected chi connectivity index (χ2v) is 4.76. The van der Waals surface area contributed by atoms with Crippen LogP contribution in [0.5, 0.6) is 0 Å². The average Bonchev–Trinajstić information content (AvgIpc) is 2.39. The second kappa shape index (κ2) is 5.76. The van der Waals surface area contributed by atoms with E-state index < -0.39 is 0 Å². The fourth-order valence-corrected chi connectivity index (χ4v) is 2.42. The highest BCUT2D eigenvalue weighted by Crippen LogP contribution is 2.31. The fourth-order valence-electron chi connectivity index (χ4n) is 2.42. The molecule has 18 heavy (non-hydrogen) atoms. The van der Waals surface area contributed by atoms with Crippen LogP contribution in [0.25, 0.3) is 0 Å². The number of hydrogen-bond donors (Lipinski definition) is 0. The molecule has 0 radical (unpaired) electrons. The number of ketones is 2. The Balaban J connectivity index is 2.19. The molecule has 0 atom stereocenters. The highest BCUT2D eigenvalue weighted by atomic mass is 16.1. The Labute approximate surface area is 108 Å². The molecular formula is C16H18O2. The molecule has 0 aliphatic heterocycles. The lowest BCUT2D eigenvalue weighted by atomic mass is 9.82. The van der Waals surface area contributed by atoms with E-state index in [2.05, 4.69) is 6.92 Å². The van der Waals surface area contributed by atoms with Crippen LogP contribution in [0.1, 0.15) is 32.6 Å². The summed E-state index contributed by atoms with van der Waals surface area (Å²) in [5.41, 5.74) is 2.42. The fraction of sp³-hybridized carbons (Fsp3) is 0.375. The summed E-state index contributed by atoms with van der Waals surface area (Å²) in [5.74, 6) is 0.651. The molecule has 2 nitrogen and oxygen atoms in total. The molecule has 2 aliphatic rings. The summed E-state index contributed by atoms with van der Waals surface area (Å²) in [6, 6.07) is 0. The molecule has 2 aliphatic carbocycles. The Kier molecular flexibility index (Phi) is 4.08. The van der Waals surface area contributed by atoms with E-state index >= 15 is 0 Å². The largest absolute Gasteiger partial charge is 0.295 e. The summed E-state index contributed by atoms with van der Waals surface area (Å²) >= 11 is 0. The molecule has 0 saturated carbocycles. The minimum absolute atomic E-state index is 0.164. The Bertz CT molecular complexity index is 433. The molecule has 0 fully saturated rings. The predicted octanol–water partition coefficient (Wildman–Crippen LogP) is 3.31. The van der Waals surface area contributed by atoms with Gasteiger partial charge < -0.3 is 0 Å². The van der Waals surface area contributed by atoms with Crippen molar-refractivity contribution in [2.75, 3.05) is 0 Å². The van der Waals surface area contributed by atoms with E-state index in [1.807, 2.05) is 24.3 Å². The van der Waals surface area contributed by atoms with Crippen LogP contribution in [0, 0.1) is 5.92 Å². The van der Waals surface area contributed by atoms with E-state index in [1.54, 1.807) is 12.2 Å². The zero-order chi connectivity index (χ0) is 13.0. The first-order valence-corrected chi connectivity index (χ1v) is 6.52. The van der Waals surface area contributed by atoms with Crippen molar-refractivity contribution in [1.29, 1.82) is 0 Å². The van der Waals surface area contributed by atoms with Gasteiger partial charge in [0.05, 0.1) is 0 Å². The molecule has 0 N–H and O–H groups in total. The molecule has 0 amide bonds. The van der Waals surface area contributed by atoms with E-state index in [-0.39, 0.29) is 11.6 Å². The van der Waals surface area contributed by atoms with Gasteiger partial charge in [0, 0.05) is 18.8 Å². The maximum atomic E-state index is 11.2. The zero-order valence-corrected chi connectivity index (χ0v) is 10.7. The van der Waals surface area contributed by atoms with Gasteiger partial charge in [-0.05, 0) is 29.7 Å². The normalized spacial score (nSPS) is 19.2. The van der Waals surface area contributed by atoms with E-state index in [0.29, 0.717) is 18.8 Å². The van der Waals surface area contributed by atoms with Gasteiger partial charge in [-0.15, -0.1) is 0 Å². The minimum Gasteiger partial charge on any atom is -0.295 e. The second-order valence-electron chi connectivity index (χ2n) is 4.76. The highest BCUT2D eigenvalue weighted by molar-refractivity contribution is 5.93. The third kappa shape index (κ3) is 2.95. The molecule has 0 aromatic heterocycles. The van der Waals surface area contributed by atoms with Crippen molar-refractivity contribution >= 4 is 11.6 Å². The Morgan fingerprint density at radius 3 is 1.78 bits per heavy atom. The van der Waals surface area contributed by atoms with Gasteiger partial charge in [-0.1, -0.05) is 37.6 Å². The van der Waals surface area contributed by atoms with Crippen molar-refractivity contribution in [2.24, 2.45) is 5.92 Å². The molecule has 94 valence electrons. The summed E-state index contributed by atoms with van der Waals surface area (Å²) < 4.78 is 0. The van der Waals surface area contributed by atoms with Crippen LogP contribution >= 0.6 is 0 Å². The van der Waals surface area contributed by atoms with Gasteiger partial charge in [0.2, 0.25) is 0 Å². The van der Waals surface area contributed by atoms with Gasteiger partial charge in [-0.3, -0.25) is 9.59 Å². The van der Waals surface area contributed by atoms with Gasteiger partial charge in [0.1, 0.15) is 0 Å². The van der Waals surface area contributed by atoms with E-state index in [0.717, 1.165) is 12.8 Å². The third-order valence-electron chi connectivity index (χ3n) is 3.38. The van der Waals surface area contributed by atoms with Crippen molar-refractivity contribution < 1.29 is 9.59 Å². The zero-order valence-electron chi connectivity index (χ0n) is 10.7. The number of carbonyl (C=O) groups is 2. The lowest BCUT2D eigenvalue weighted by molar-refractivity contribution is -0.114. The topological polar surface area (TPSA) is 34.1 Å². The molecule has 0 unspecified atom stereocenters. The molecular weight excluding hydrogens is 224 g/mol. The summed E-state index contributed by atoms with van der Waals surface area (Å²) in [6.07, 6.45) is 14.4. The summed E-state index contributed by atoms with van der Waals surface area (Å²) in [6.45, 7) is 2.16. The van der Waals surface area contributed by atoms with Crippen molar-refractivity contribution in [1.82, 2.24) is 0 Å². The number of allylic oxidation sites excluding steroid dienone is 8. The quantitative estimate of drug-likeness (QED) is 0.758. The molecule has 0 bridgehead atoms. The first-order chi connectivity index (χ1) is 8.70. The number of rotatable bonds is 4. The van der Waals surface area contributed by atoms with Crippen LogP contribution < -0.4 is 0 Å². The average molecular weight is 242 g/mol. The minimum atomic E-state index is 0.164. The monoisotopic (exact) mass is 242 g/mol. The first-order valence-electron chi connectivity index (χ1n) is 6.52. The van der Waals surface area contributed by atoms with E-state index in [4.69, 9.17) is 0 Å². The summed E-state index contributed by atoms with van der Waals surface area (Å²) in [4.78, 5) is 22.4. The van der Waals surface area contributed by atoms with Crippen molar-refractivity contribution in [3.05, 3.63) is 47.6 Å². The van der Waals surface area contributed by atoms with Crippen molar-refractivity contribution in [3.8, 4) is 0 Å². The maximum absolute atomic E-state index is 11.2. The van der Waals surface area contributed by atoms with Crippen molar-refractivity contribution in [3.63, 3.8) is 0 Å². The van der Waals surface area contributed by atoms with Gasteiger partial charge in [-0.25, -0.2) is 0 Å². The van der Waals surface area contributed by atoms with Crippen LogP contribution in [0.2, 0.25) is 0 Å². The summed E-state index contributed by atoms with van der Waals surface area (Å²) in [5, 5.41) is 0. The number of hydrogen-bond acceptors (Lipinski definition) is 2. The number of carbonyl (C=O) groups excluding carboxylic acids is 2. The molecule has 0 aromatic rings.